The molecule has 2 nitrogen and oxygen atoms in total. The highest BCUT2D eigenvalue weighted by atomic mass is 32.1. The molecule has 0 saturated carbocycles. The van der Waals surface area contributed by atoms with Crippen molar-refractivity contribution in [3.05, 3.63) is 47.5 Å². The SMILES string of the molecule is CCc1csc2cc(-c3ccccc3)c(N)n12. The predicted octanol–water partition coefficient (Wildman–Crippen LogP) is 3.81. The maximum Gasteiger partial charge on any atom is 0.116 e. The molecule has 0 unspecified atom stereocenters. The summed E-state index contributed by atoms with van der Waals surface area (Å²) in [7, 11) is 0. The Hall–Kier alpha value is -1.74. The Morgan fingerprint density at radius 3 is 2.71 bits per heavy atom. The molecule has 0 radical (unpaired) electrons. The molecule has 0 saturated heterocycles. The van der Waals surface area contributed by atoms with Crippen LogP contribution in [0, 0.1) is 0 Å². The minimum absolute atomic E-state index is 0.851. The van der Waals surface area contributed by atoms with Gasteiger partial charge in [-0.25, -0.2) is 0 Å². The molecule has 2 aromatic heterocycles. The zero-order valence-electron chi connectivity index (χ0n) is 9.68. The van der Waals surface area contributed by atoms with Gasteiger partial charge in [-0.2, -0.15) is 0 Å². The quantitative estimate of drug-likeness (QED) is 0.727. The lowest BCUT2D eigenvalue weighted by molar-refractivity contribution is 1.01. The van der Waals surface area contributed by atoms with Crippen LogP contribution in [0.4, 0.5) is 5.82 Å². The summed E-state index contributed by atoms with van der Waals surface area (Å²) in [6, 6.07) is 12.5. The Balaban J connectivity index is 2.25. The molecule has 0 atom stereocenters. The number of nitrogens with two attached hydrogens (primary N) is 1. The molecular formula is C14H14N2S. The second kappa shape index (κ2) is 3.93. The molecule has 3 rings (SSSR count). The van der Waals surface area contributed by atoms with Crippen molar-refractivity contribution in [2.45, 2.75) is 13.3 Å². The van der Waals surface area contributed by atoms with E-state index in [0.717, 1.165) is 17.8 Å². The molecule has 2 heterocycles. The monoisotopic (exact) mass is 242 g/mol. The topological polar surface area (TPSA) is 30.4 Å². The normalized spacial score (nSPS) is 11.1. The molecule has 3 aromatic rings. The lowest BCUT2D eigenvalue weighted by atomic mass is 10.1. The number of rotatable bonds is 2. The van der Waals surface area contributed by atoms with Crippen molar-refractivity contribution in [3.8, 4) is 11.1 Å². The second-order valence-electron chi connectivity index (χ2n) is 4.06. The highest BCUT2D eigenvalue weighted by molar-refractivity contribution is 7.15. The van der Waals surface area contributed by atoms with Gasteiger partial charge in [0, 0.05) is 16.6 Å². The average molecular weight is 242 g/mol. The van der Waals surface area contributed by atoms with Gasteiger partial charge >= 0.3 is 0 Å². The summed E-state index contributed by atoms with van der Waals surface area (Å²) in [5, 5.41) is 2.18. The van der Waals surface area contributed by atoms with Gasteiger partial charge in [-0.1, -0.05) is 37.3 Å². The predicted molar refractivity (Wildman–Crippen MR) is 74.5 cm³/mol. The average Bonchev–Trinajstić information content (AvgIpc) is 2.91. The Morgan fingerprint density at radius 1 is 1.24 bits per heavy atom. The van der Waals surface area contributed by atoms with E-state index in [4.69, 9.17) is 5.73 Å². The fourth-order valence-corrected chi connectivity index (χ4v) is 3.19. The van der Waals surface area contributed by atoms with Crippen molar-refractivity contribution in [1.29, 1.82) is 0 Å². The number of hydrogen-bond donors (Lipinski definition) is 1. The third kappa shape index (κ3) is 1.54. The number of benzene rings is 1. The minimum atomic E-state index is 0.851. The second-order valence-corrected chi connectivity index (χ2v) is 4.95. The first-order chi connectivity index (χ1) is 8.31. The largest absolute Gasteiger partial charge is 0.384 e. The third-order valence-corrected chi connectivity index (χ3v) is 3.99. The Labute approximate surface area is 104 Å². The molecule has 0 amide bonds. The highest BCUT2D eigenvalue weighted by Crippen LogP contribution is 2.33. The Morgan fingerprint density at radius 2 is 2.00 bits per heavy atom. The zero-order chi connectivity index (χ0) is 11.8. The van der Waals surface area contributed by atoms with Gasteiger partial charge in [-0.15, -0.1) is 11.3 Å². The summed E-state index contributed by atoms with van der Waals surface area (Å²) in [5.41, 5.74) is 9.86. The minimum Gasteiger partial charge on any atom is -0.384 e. The van der Waals surface area contributed by atoms with Crippen LogP contribution in [0.25, 0.3) is 16.0 Å². The van der Waals surface area contributed by atoms with E-state index in [2.05, 4.69) is 34.9 Å². The highest BCUT2D eigenvalue weighted by Gasteiger charge is 2.12. The molecule has 1 aromatic carbocycles. The van der Waals surface area contributed by atoms with Gasteiger partial charge in [0.05, 0.1) is 0 Å². The molecule has 86 valence electrons. The molecule has 2 N–H and O–H groups in total. The van der Waals surface area contributed by atoms with E-state index in [0.29, 0.717) is 0 Å². The number of thiazole rings is 1. The number of hydrogen-bond acceptors (Lipinski definition) is 2. The van der Waals surface area contributed by atoms with E-state index < -0.39 is 0 Å². The molecule has 17 heavy (non-hydrogen) atoms. The fourth-order valence-electron chi connectivity index (χ4n) is 2.16. The fraction of sp³-hybridized carbons (Fsp3) is 0.143. The summed E-state index contributed by atoms with van der Waals surface area (Å²) in [6.07, 6.45) is 1.01. The van der Waals surface area contributed by atoms with Crippen LogP contribution in [-0.2, 0) is 6.42 Å². The van der Waals surface area contributed by atoms with Gasteiger partial charge in [0.2, 0.25) is 0 Å². The zero-order valence-corrected chi connectivity index (χ0v) is 10.5. The third-order valence-electron chi connectivity index (χ3n) is 3.06. The van der Waals surface area contributed by atoms with E-state index in [1.165, 1.54) is 16.1 Å². The number of fused-ring (bicyclic) bond motifs is 1. The van der Waals surface area contributed by atoms with Gasteiger partial charge < -0.3 is 5.73 Å². The van der Waals surface area contributed by atoms with Crippen LogP contribution < -0.4 is 5.73 Å². The summed E-state index contributed by atoms with van der Waals surface area (Å²) in [4.78, 5) is 1.22. The first-order valence-electron chi connectivity index (χ1n) is 5.74. The van der Waals surface area contributed by atoms with Gasteiger partial charge in [0.25, 0.3) is 0 Å². The number of nitrogen functional groups attached to an aromatic ring is 1. The summed E-state index contributed by atoms with van der Waals surface area (Å²) in [6.45, 7) is 2.16. The van der Waals surface area contributed by atoms with Crippen molar-refractivity contribution >= 4 is 22.0 Å². The van der Waals surface area contributed by atoms with Crippen molar-refractivity contribution < 1.29 is 0 Å². The van der Waals surface area contributed by atoms with Crippen molar-refractivity contribution in [3.63, 3.8) is 0 Å². The lowest BCUT2D eigenvalue weighted by Crippen LogP contribution is -1.96. The lowest BCUT2D eigenvalue weighted by Gasteiger charge is -2.02. The van der Waals surface area contributed by atoms with Gasteiger partial charge in [0.1, 0.15) is 10.6 Å². The number of aromatic nitrogens is 1. The van der Waals surface area contributed by atoms with Crippen LogP contribution in [0.2, 0.25) is 0 Å². The van der Waals surface area contributed by atoms with E-state index >= 15 is 0 Å². The Bertz CT molecular complexity index is 649. The number of nitrogens with zero attached hydrogens (tertiary/aromatic N) is 1. The van der Waals surface area contributed by atoms with Crippen LogP contribution in [-0.4, -0.2) is 4.40 Å². The van der Waals surface area contributed by atoms with Gasteiger partial charge in [-0.05, 0) is 18.1 Å². The van der Waals surface area contributed by atoms with Gasteiger partial charge in [0.15, 0.2) is 0 Å². The van der Waals surface area contributed by atoms with E-state index in [9.17, 15) is 0 Å². The van der Waals surface area contributed by atoms with E-state index in [-0.39, 0.29) is 0 Å². The summed E-state index contributed by atoms with van der Waals surface area (Å²) >= 11 is 1.75. The van der Waals surface area contributed by atoms with Crippen LogP contribution in [0.15, 0.2) is 41.8 Å². The smallest absolute Gasteiger partial charge is 0.116 e. The van der Waals surface area contributed by atoms with Crippen molar-refractivity contribution in [1.82, 2.24) is 4.40 Å². The Kier molecular flexibility index (Phi) is 2.41. The molecule has 0 spiro atoms. The van der Waals surface area contributed by atoms with E-state index in [1.807, 2.05) is 18.2 Å². The van der Waals surface area contributed by atoms with Crippen LogP contribution in [0.1, 0.15) is 12.6 Å². The maximum absolute atomic E-state index is 6.26. The molecule has 0 aliphatic carbocycles. The van der Waals surface area contributed by atoms with Crippen molar-refractivity contribution in [2.75, 3.05) is 5.73 Å². The van der Waals surface area contributed by atoms with Crippen molar-refractivity contribution in [2.24, 2.45) is 0 Å². The first-order valence-corrected chi connectivity index (χ1v) is 6.62. The number of anilines is 1. The molecular weight excluding hydrogens is 228 g/mol. The molecule has 0 aliphatic heterocycles. The standard InChI is InChI=1S/C14H14N2S/c1-2-11-9-17-13-8-12(14(15)16(11)13)10-6-4-3-5-7-10/h3-9H,2,15H2,1H3. The van der Waals surface area contributed by atoms with Crippen LogP contribution in [0.5, 0.6) is 0 Å². The van der Waals surface area contributed by atoms with Gasteiger partial charge in [-0.3, -0.25) is 4.40 Å². The molecule has 0 bridgehead atoms. The molecule has 0 aliphatic rings. The first kappa shape index (κ1) is 10.4. The van der Waals surface area contributed by atoms with Crippen LogP contribution >= 0.6 is 11.3 Å². The van der Waals surface area contributed by atoms with E-state index in [1.54, 1.807) is 11.3 Å². The van der Waals surface area contributed by atoms with Crippen LogP contribution in [0.3, 0.4) is 0 Å². The molecule has 0 fully saturated rings. The summed E-state index contributed by atoms with van der Waals surface area (Å²) in [5.74, 6) is 0.851. The maximum atomic E-state index is 6.26. The summed E-state index contributed by atoms with van der Waals surface area (Å²) < 4.78 is 2.16. The molecule has 3 heteroatoms. The number of aryl methyl sites for hydroxylation is 1.